The number of amides is 4. The zero-order valence-corrected chi connectivity index (χ0v) is 37.9. The highest BCUT2D eigenvalue weighted by Gasteiger charge is 2.42. The molecule has 8 bridgehead atoms. The Morgan fingerprint density at radius 2 is 1.18 bits per heavy atom. The van der Waals surface area contributed by atoms with Crippen molar-refractivity contribution >= 4 is 124 Å². The number of hydrogen-bond acceptors (Lipinski definition) is 15. The second-order valence-corrected chi connectivity index (χ2v) is 23.1. The molecule has 0 fully saturated rings. The number of rotatable bonds is 7. The molecule has 67 heavy (non-hydrogen) atoms. The van der Waals surface area contributed by atoms with Crippen LogP contribution < -0.4 is 36.4 Å². The maximum absolute atomic E-state index is 14.0. The third-order valence-corrected chi connectivity index (χ3v) is 16.1. The van der Waals surface area contributed by atoms with E-state index in [2.05, 4.69) is 4.99 Å². The van der Waals surface area contributed by atoms with Crippen molar-refractivity contribution in [3.63, 3.8) is 0 Å². The molecule has 31 heteroatoms. The number of allylic oxidation sites excluding steroid dienone is 4. The molecule has 0 saturated heterocycles. The van der Waals surface area contributed by atoms with Gasteiger partial charge in [-0.3, -0.25) is 41.8 Å². The van der Waals surface area contributed by atoms with E-state index in [0.29, 0.717) is 30.3 Å². The van der Waals surface area contributed by atoms with Crippen molar-refractivity contribution < 1.29 is 92.2 Å². The van der Waals surface area contributed by atoms with E-state index >= 15 is 0 Å². The van der Waals surface area contributed by atoms with Gasteiger partial charge in [0.25, 0.3) is 66.6 Å². The average molecular weight is 1050 g/mol. The number of carbonyl (C=O) groups is 3. The predicted molar refractivity (Wildman–Crippen MR) is 234 cm³/mol. The zero-order chi connectivity index (χ0) is 49.7. The van der Waals surface area contributed by atoms with Gasteiger partial charge in [-0.25, -0.2) is 9.79 Å². The summed E-state index contributed by atoms with van der Waals surface area (Å²) in [7, 11) is -34.4. The molecule has 4 amide bonds. The normalized spacial score (nSPS) is 20.4. The van der Waals surface area contributed by atoms with Crippen LogP contribution in [0.25, 0.3) is 22.0 Å². The molecular weight excluding hydrogens is 1020 g/mol. The Morgan fingerprint density at radius 3 is 1.66 bits per heavy atom. The Hall–Kier alpha value is -6.10. The predicted octanol–water partition coefficient (Wildman–Crippen LogP) is -1.38. The fraction of sp³-hybridized carbons (Fsp3) is 0.111. The molecule has 4 aliphatic rings. The first-order valence-electron chi connectivity index (χ1n) is 18.0. The average Bonchev–Trinajstić information content (AvgIpc) is 3.18. The summed E-state index contributed by atoms with van der Waals surface area (Å²) in [6.07, 6.45) is 3.85. The SMILES string of the molecule is Cc1ccc2cc1N(C=O)C1=C/C(=C3\C(S(=O)(=O)O)=c4c(ccc(S(=O)(=O)O)c4=CC3S(=O)(=O)O)NC(=O)Nc3ccc(S(=O)(=O)O)c4c3=C(S(=O)(=O)O)C(=NC2=O)C(S(=O)(=O)O)C=4)CC=C1. The highest BCUT2D eigenvalue weighted by atomic mass is 32.2. The first-order chi connectivity index (χ1) is 30.7. The van der Waals surface area contributed by atoms with Crippen LogP contribution in [0.4, 0.5) is 21.9 Å². The lowest BCUT2D eigenvalue weighted by Gasteiger charge is -2.27. The van der Waals surface area contributed by atoms with Gasteiger partial charge in [0, 0.05) is 37.7 Å². The lowest BCUT2D eigenvalue weighted by atomic mass is 9.92. The Bertz CT molecular complexity index is 3970. The number of nitrogens with one attached hydrogen (secondary N) is 2. The van der Waals surface area contributed by atoms with Gasteiger partial charge in [0.2, 0.25) is 6.41 Å². The van der Waals surface area contributed by atoms with Crippen LogP contribution >= 0.6 is 0 Å². The number of nitrogens with zero attached hydrogens (tertiary/aromatic N) is 2. The first kappa shape index (κ1) is 48.8. The van der Waals surface area contributed by atoms with Crippen molar-refractivity contribution in [1.29, 1.82) is 0 Å². The topological polar surface area (TPSA) is 417 Å². The van der Waals surface area contributed by atoms with Crippen molar-refractivity contribution in [3.8, 4) is 0 Å². The summed E-state index contributed by atoms with van der Waals surface area (Å²) in [6.45, 7) is 1.39. The van der Waals surface area contributed by atoms with Crippen molar-refractivity contribution in [2.24, 2.45) is 4.99 Å². The molecule has 1 heterocycles. The van der Waals surface area contributed by atoms with E-state index in [1.165, 1.54) is 25.1 Å². The van der Waals surface area contributed by atoms with E-state index in [1.54, 1.807) is 0 Å². The van der Waals surface area contributed by atoms with Gasteiger partial charge in [0.15, 0.2) is 0 Å². The Labute approximate surface area is 377 Å². The summed E-state index contributed by atoms with van der Waals surface area (Å²) in [5.41, 5.74) is -5.72. The van der Waals surface area contributed by atoms with Gasteiger partial charge >= 0.3 is 6.03 Å². The summed E-state index contributed by atoms with van der Waals surface area (Å²) in [5.74, 6) is -1.56. The Kier molecular flexibility index (Phi) is 11.9. The molecule has 1 aliphatic heterocycles. The van der Waals surface area contributed by atoms with Gasteiger partial charge in [-0.05, 0) is 79.1 Å². The van der Waals surface area contributed by atoms with Gasteiger partial charge in [-0.15, -0.1) is 0 Å². The molecule has 0 saturated carbocycles. The molecule has 0 radical (unpaired) electrons. The minimum absolute atomic E-state index is 0.132. The third kappa shape index (κ3) is 9.06. The van der Waals surface area contributed by atoms with Crippen LogP contribution in [0.3, 0.4) is 0 Å². The molecule has 2 unspecified atom stereocenters. The molecular formula is C36H28N4O21S6. The summed E-state index contributed by atoms with van der Waals surface area (Å²) in [4.78, 5) is 39.5. The minimum Gasteiger partial charge on any atom is -0.307 e. The standard InChI is InChI=1S/C36H28N4O21S6/c1-16-5-6-18-12-24(16)40(15-41)19-4-2-3-17(11-19)29-27(64(50,51)52)13-20-25(62(44,45)46)9-7-22(30(20)33(29)66(56,57)58)37-36(43)38-23-8-10-26(63(47,48)49)21-14-28(65(53,54)55)32(39-35(18)42)34(31(21)23)67(59,60)61/h2,4-15,27-28H,3H2,1H3,(H2,37,38,43)(H,44,45,46)(H,47,48,49)(H,50,51,52)(H,53,54,55)(H,56,57,58)(H,59,60,61)/b29-17-,39-32?. The van der Waals surface area contributed by atoms with Crippen LogP contribution in [-0.4, -0.2) is 112 Å². The zero-order valence-electron chi connectivity index (χ0n) is 33.0. The van der Waals surface area contributed by atoms with Crippen molar-refractivity contribution in [2.45, 2.75) is 33.6 Å². The minimum atomic E-state index is -6.04. The van der Waals surface area contributed by atoms with Gasteiger partial charge in [0.1, 0.15) is 30.1 Å². The highest BCUT2D eigenvalue weighted by Crippen LogP contribution is 2.37. The van der Waals surface area contributed by atoms with E-state index < -0.39 is 164 Å². The van der Waals surface area contributed by atoms with E-state index in [1.807, 2.05) is 10.6 Å². The molecule has 3 aromatic carbocycles. The van der Waals surface area contributed by atoms with Crippen LogP contribution in [-0.2, 0) is 65.5 Å². The molecule has 8 N–H and O–H groups in total. The molecule has 0 spiro atoms. The quantitative estimate of drug-likeness (QED) is 0.0999. The number of urea groups is 1. The Morgan fingerprint density at radius 1 is 0.672 bits per heavy atom. The number of carbonyl (C=O) groups excluding carboxylic acids is 3. The van der Waals surface area contributed by atoms with Gasteiger partial charge in [0.05, 0.1) is 22.8 Å². The molecule has 25 nitrogen and oxygen atoms in total. The van der Waals surface area contributed by atoms with Gasteiger partial charge < -0.3 is 10.6 Å². The fourth-order valence-corrected chi connectivity index (χ4v) is 12.8. The van der Waals surface area contributed by atoms with Gasteiger partial charge in [-0.2, -0.15) is 50.5 Å². The molecule has 7 rings (SSSR count). The van der Waals surface area contributed by atoms with Crippen LogP contribution in [0, 0.1) is 6.92 Å². The number of hydrogen-bond donors (Lipinski definition) is 8. The molecule has 2 atom stereocenters. The number of anilines is 3. The molecule has 3 aromatic rings. The van der Waals surface area contributed by atoms with Crippen LogP contribution in [0.15, 0.2) is 92.3 Å². The fourth-order valence-electron chi connectivity index (χ4n) is 7.74. The highest BCUT2D eigenvalue weighted by molar-refractivity contribution is 7.97. The maximum atomic E-state index is 14.0. The van der Waals surface area contributed by atoms with Crippen molar-refractivity contribution in [2.75, 3.05) is 15.5 Å². The number of aryl methyl sites for hydroxylation is 1. The van der Waals surface area contributed by atoms with E-state index in [0.717, 1.165) is 23.1 Å². The first-order valence-corrected chi connectivity index (χ1v) is 26.8. The maximum Gasteiger partial charge on any atom is 0.323 e. The molecule has 3 aliphatic carbocycles. The van der Waals surface area contributed by atoms with Crippen LogP contribution in [0.1, 0.15) is 22.3 Å². The molecule has 354 valence electrons. The lowest BCUT2D eigenvalue weighted by Crippen LogP contribution is -2.48. The van der Waals surface area contributed by atoms with E-state index in [-0.39, 0.29) is 29.4 Å². The van der Waals surface area contributed by atoms with E-state index in [9.17, 15) is 92.2 Å². The number of aliphatic imine (C=N–C) groups is 1. The van der Waals surface area contributed by atoms with Crippen LogP contribution in [0.2, 0.25) is 0 Å². The summed E-state index contributed by atoms with van der Waals surface area (Å²) in [5, 5.41) is -5.92. The monoisotopic (exact) mass is 1040 g/mol. The second-order valence-electron chi connectivity index (χ2n) is 14.5. The lowest BCUT2D eigenvalue weighted by molar-refractivity contribution is -0.107. The van der Waals surface area contributed by atoms with Crippen molar-refractivity contribution in [1.82, 2.24) is 0 Å². The number of benzene rings is 3. The smallest absolute Gasteiger partial charge is 0.307 e. The third-order valence-electron chi connectivity index (χ3n) is 10.4. The molecule has 0 aromatic heterocycles. The van der Waals surface area contributed by atoms with E-state index in [4.69, 9.17) is 0 Å². The van der Waals surface area contributed by atoms with Gasteiger partial charge in [-0.1, -0.05) is 18.2 Å². The second kappa shape index (κ2) is 16.3. The largest absolute Gasteiger partial charge is 0.323 e. The van der Waals surface area contributed by atoms with Crippen molar-refractivity contribution in [3.05, 3.63) is 110 Å². The number of fused-ring (bicyclic) bond motifs is 5. The summed E-state index contributed by atoms with van der Waals surface area (Å²) < 4.78 is 220. The van der Waals surface area contributed by atoms with Crippen LogP contribution in [0.5, 0.6) is 0 Å². The summed E-state index contributed by atoms with van der Waals surface area (Å²) >= 11 is 0. The Balaban J connectivity index is 1.74. The summed E-state index contributed by atoms with van der Waals surface area (Å²) in [6, 6.07) is 3.62.